The zero-order valence-electron chi connectivity index (χ0n) is 11.9. The van der Waals surface area contributed by atoms with Gasteiger partial charge in [0.1, 0.15) is 0 Å². The van der Waals surface area contributed by atoms with Crippen molar-refractivity contribution in [1.29, 1.82) is 0 Å². The van der Waals surface area contributed by atoms with Gasteiger partial charge in [0.25, 0.3) is 0 Å². The fraction of sp³-hybridized carbons (Fsp3) is 0.500. The highest BCUT2D eigenvalue weighted by molar-refractivity contribution is 5.32. The Hall–Kier alpha value is -1.68. The van der Waals surface area contributed by atoms with E-state index in [0.717, 1.165) is 30.1 Å². The Balaban J connectivity index is 1.92. The van der Waals surface area contributed by atoms with Gasteiger partial charge in [-0.2, -0.15) is 0 Å². The second kappa shape index (κ2) is 5.75. The Kier molecular flexibility index (Phi) is 3.83. The highest BCUT2D eigenvalue weighted by Gasteiger charge is 2.31. The molecule has 2 aromatic rings. The summed E-state index contributed by atoms with van der Waals surface area (Å²) >= 11 is 0. The van der Waals surface area contributed by atoms with Gasteiger partial charge in [-0.25, -0.2) is 4.68 Å². The minimum Gasteiger partial charge on any atom is -0.327 e. The molecule has 0 spiro atoms. The molecule has 0 amide bonds. The number of hydrogen-bond donors (Lipinski definition) is 1. The summed E-state index contributed by atoms with van der Waals surface area (Å²) in [4.78, 5) is 0. The molecule has 0 saturated heterocycles. The maximum absolute atomic E-state index is 6.37. The van der Waals surface area contributed by atoms with Crippen molar-refractivity contribution in [3.8, 4) is 5.69 Å². The molecule has 1 saturated carbocycles. The van der Waals surface area contributed by atoms with Gasteiger partial charge in [-0.15, -0.1) is 5.10 Å². The predicted molar refractivity (Wildman–Crippen MR) is 79.7 cm³/mol. The minimum absolute atomic E-state index is 0.221. The highest BCUT2D eigenvalue weighted by atomic mass is 15.4. The fourth-order valence-corrected chi connectivity index (χ4v) is 3.26. The summed E-state index contributed by atoms with van der Waals surface area (Å²) < 4.78 is 1.95. The summed E-state index contributed by atoms with van der Waals surface area (Å²) in [6.45, 7) is 2.27. The van der Waals surface area contributed by atoms with Gasteiger partial charge in [0, 0.05) is 12.0 Å². The van der Waals surface area contributed by atoms with Crippen LogP contribution in [0.3, 0.4) is 0 Å². The minimum atomic E-state index is 0.221. The van der Waals surface area contributed by atoms with Gasteiger partial charge in [0.2, 0.25) is 0 Å². The van der Waals surface area contributed by atoms with E-state index in [4.69, 9.17) is 5.73 Å². The Labute approximate surface area is 120 Å². The largest absolute Gasteiger partial charge is 0.327 e. The molecule has 1 aromatic carbocycles. The summed E-state index contributed by atoms with van der Waals surface area (Å²) in [7, 11) is 0. The lowest BCUT2D eigenvalue weighted by atomic mass is 9.76. The molecule has 106 valence electrons. The molecule has 20 heavy (non-hydrogen) atoms. The maximum atomic E-state index is 6.37. The summed E-state index contributed by atoms with van der Waals surface area (Å²) in [5, 5.41) is 8.37. The van der Waals surface area contributed by atoms with E-state index < -0.39 is 0 Å². The van der Waals surface area contributed by atoms with Crippen LogP contribution in [0.15, 0.2) is 36.5 Å². The van der Waals surface area contributed by atoms with Crippen molar-refractivity contribution in [2.45, 2.75) is 44.6 Å². The van der Waals surface area contributed by atoms with Gasteiger partial charge in [0.05, 0.1) is 17.6 Å². The summed E-state index contributed by atoms with van der Waals surface area (Å²) in [6, 6.07) is 10.4. The van der Waals surface area contributed by atoms with Gasteiger partial charge >= 0.3 is 0 Å². The van der Waals surface area contributed by atoms with Crippen LogP contribution < -0.4 is 5.73 Å². The van der Waals surface area contributed by atoms with Crippen LogP contribution in [0.5, 0.6) is 0 Å². The number of aromatic nitrogens is 3. The van der Waals surface area contributed by atoms with Crippen LogP contribution in [0, 0.1) is 5.92 Å². The molecule has 0 radical (unpaired) electrons. The molecule has 4 nitrogen and oxygen atoms in total. The summed E-state index contributed by atoms with van der Waals surface area (Å²) in [5.74, 6) is 1.14. The lowest BCUT2D eigenvalue weighted by molar-refractivity contribution is 0.276. The first kappa shape index (κ1) is 13.3. The van der Waals surface area contributed by atoms with Crippen LogP contribution in [0.2, 0.25) is 0 Å². The number of benzene rings is 1. The molecule has 3 unspecified atom stereocenters. The maximum Gasteiger partial charge on any atom is 0.0733 e. The quantitative estimate of drug-likeness (QED) is 0.933. The van der Waals surface area contributed by atoms with Gasteiger partial charge in [-0.05, 0) is 37.3 Å². The molecule has 1 aromatic heterocycles. The second-order valence-electron chi connectivity index (χ2n) is 5.76. The number of nitrogens with zero attached hydrogens (tertiary/aromatic N) is 3. The summed E-state index contributed by atoms with van der Waals surface area (Å²) in [5.41, 5.74) is 8.58. The fourth-order valence-electron chi connectivity index (χ4n) is 3.26. The van der Waals surface area contributed by atoms with Crippen molar-refractivity contribution in [3.05, 3.63) is 42.2 Å². The van der Waals surface area contributed by atoms with Crippen molar-refractivity contribution in [2.75, 3.05) is 0 Å². The van der Waals surface area contributed by atoms with Gasteiger partial charge in [-0.1, -0.05) is 36.8 Å². The number of hydrogen-bond acceptors (Lipinski definition) is 3. The molecule has 1 fully saturated rings. The molecular weight excluding hydrogens is 248 g/mol. The average Bonchev–Trinajstić information content (AvgIpc) is 2.98. The Morgan fingerprint density at radius 2 is 2.05 bits per heavy atom. The Bertz CT molecular complexity index is 549. The Morgan fingerprint density at radius 3 is 2.80 bits per heavy atom. The highest BCUT2D eigenvalue weighted by Crippen LogP contribution is 2.37. The van der Waals surface area contributed by atoms with Gasteiger partial charge in [-0.3, -0.25) is 0 Å². The van der Waals surface area contributed by atoms with E-state index >= 15 is 0 Å². The van der Waals surface area contributed by atoms with E-state index in [2.05, 4.69) is 29.4 Å². The van der Waals surface area contributed by atoms with E-state index in [1.165, 1.54) is 12.8 Å². The first-order valence-electron chi connectivity index (χ1n) is 7.51. The lowest BCUT2D eigenvalue weighted by Crippen LogP contribution is -2.35. The predicted octanol–water partition coefficient (Wildman–Crippen LogP) is 2.89. The molecule has 1 aliphatic rings. The van der Waals surface area contributed by atoms with Crippen LogP contribution in [-0.4, -0.2) is 21.0 Å². The number of nitrogens with two attached hydrogens (primary N) is 1. The van der Waals surface area contributed by atoms with Crippen LogP contribution in [0.1, 0.15) is 44.2 Å². The van der Waals surface area contributed by atoms with Crippen molar-refractivity contribution in [2.24, 2.45) is 11.7 Å². The molecule has 1 heterocycles. The van der Waals surface area contributed by atoms with E-state index in [1.807, 2.05) is 29.1 Å². The molecule has 0 aliphatic heterocycles. The zero-order valence-corrected chi connectivity index (χ0v) is 11.9. The Morgan fingerprint density at radius 1 is 1.25 bits per heavy atom. The number of rotatable bonds is 3. The molecule has 3 atom stereocenters. The monoisotopic (exact) mass is 270 g/mol. The smallest absolute Gasteiger partial charge is 0.0733 e. The first-order valence-corrected chi connectivity index (χ1v) is 7.51. The molecule has 2 N–H and O–H groups in total. The van der Waals surface area contributed by atoms with Crippen LogP contribution >= 0.6 is 0 Å². The second-order valence-corrected chi connectivity index (χ2v) is 5.76. The zero-order chi connectivity index (χ0) is 13.9. The van der Waals surface area contributed by atoms with E-state index in [1.54, 1.807) is 0 Å². The third-order valence-corrected chi connectivity index (χ3v) is 4.55. The third-order valence-electron chi connectivity index (χ3n) is 4.55. The topological polar surface area (TPSA) is 56.7 Å². The van der Waals surface area contributed by atoms with Crippen molar-refractivity contribution in [1.82, 2.24) is 15.0 Å². The van der Waals surface area contributed by atoms with Gasteiger partial charge in [0.15, 0.2) is 0 Å². The van der Waals surface area contributed by atoms with Crippen LogP contribution in [0.4, 0.5) is 0 Å². The SMILES string of the molecule is CCC1CCC(N)C(c2cnnn2-c2ccccc2)C1. The first-order chi connectivity index (χ1) is 9.79. The molecule has 3 rings (SSSR count). The van der Waals surface area contributed by atoms with E-state index in [0.29, 0.717) is 5.92 Å². The van der Waals surface area contributed by atoms with E-state index in [9.17, 15) is 0 Å². The van der Waals surface area contributed by atoms with Crippen molar-refractivity contribution < 1.29 is 0 Å². The van der Waals surface area contributed by atoms with Crippen LogP contribution in [-0.2, 0) is 0 Å². The molecule has 0 bridgehead atoms. The lowest BCUT2D eigenvalue weighted by Gasteiger charge is -2.33. The average molecular weight is 270 g/mol. The number of para-hydroxylation sites is 1. The van der Waals surface area contributed by atoms with Crippen molar-refractivity contribution in [3.63, 3.8) is 0 Å². The van der Waals surface area contributed by atoms with Crippen LogP contribution in [0.25, 0.3) is 5.69 Å². The normalized spacial score (nSPS) is 26.6. The van der Waals surface area contributed by atoms with E-state index in [-0.39, 0.29) is 6.04 Å². The molecular formula is C16H22N4. The molecule has 1 aliphatic carbocycles. The third kappa shape index (κ3) is 2.48. The van der Waals surface area contributed by atoms with Gasteiger partial charge < -0.3 is 5.73 Å². The summed E-state index contributed by atoms with van der Waals surface area (Å²) in [6.07, 6.45) is 6.62. The van der Waals surface area contributed by atoms with Crippen molar-refractivity contribution >= 4 is 0 Å². The molecule has 4 heteroatoms. The standard InChI is InChI=1S/C16H22N4/c1-2-12-8-9-15(17)14(10-12)16-11-18-19-20(16)13-6-4-3-5-7-13/h3-7,11-12,14-15H,2,8-10,17H2,1H3.